The van der Waals surface area contributed by atoms with Crippen molar-refractivity contribution in [1.82, 2.24) is 0 Å². The molecule has 72 valence electrons. The van der Waals surface area contributed by atoms with Gasteiger partial charge >= 0.3 is 0 Å². The highest BCUT2D eigenvalue weighted by Gasteiger charge is 2.18. The zero-order chi connectivity index (χ0) is 10.0. The molecule has 3 N–H and O–H groups in total. The summed E-state index contributed by atoms with van der Waals surface area (Å²) in [6, 6.07) is 4.68. The van der Waals surface area contributed by atoms with E-state index < -0.39 is 12.1 Å². The number of hydrogen-bond acceptors (Lipinski definition) is 2. The van der Waals surface area contributed by atoms with E-state index in [4.69, 9.17) is 28.9 Å². The largest absolute Gasteiger partial charge is 0.387 e. The lowest BCUT2D eigenvalue weighted by Crippen LogP contribution is -2.24. The van der Waals surface area contributed by atoms with Gasteiger partial charge < -0.3 is 10.8 Å². The van der Waals surface area contributed by atoms with Gasteiger partial charge in [-0.25, -0.2) is 0 Å². The summed E-state index contributed by atoms with van der Waals surface area (Å²) in [5, 5.41) is 10.5. The Kier molecular flexibility index (Phi) is 3.56. The quantitative estimate of drug-likeness (QED) is 0.803. The lowest BCUT2D eigenvalue weighted by Gasteiger charge is -2.17. The van der Waals surface area contributed by atoms with Crippen LogP contribution in [0.25, 0.3) is 0 Å². The molecule has 0 saturated carbocycles. The minimum Gasteiger partial charge on any atom is -0.387 e. The molecule has 0 radical (unpaired) electrons. The molecule has 4 heteroatoms. The number of halogens is 2. The molecule has 0 aliphatic carbocycles. The molecule has 0 saturated heterocycles. The molecule has 0 amide bonds. The molecule has 0 bridgehead atoms. The number of hydrogen-bond donors (Lipinski definition) is 2. The standard InChI is InChI=1S/C9H11Cl2NO/c1-5(12)9(13)8-6(10)3-2-4-7(8)11/h2-5,9,13H,12H2,1H3/t5-,9-/m0/s1. The van der Waals surface area contributed by atoms with E-state index in [1.807, 2.05) is 0 Å². The summed E-state index contributed by atoms with van der Waals surface area (Å²) in [5.74, 6) is 0. The van der Waals surface area contributed by atoms with Crippen molar-refractivity contribution in [3.63, 3.8) is 0 Å². The van der Waals surface area contributed by atoms with Crippen LogP contribution in [0.4, 0.5) is 0 Å². The summed E-state index contributed by atoms with van der Waals surface area (Å²) in [6.45, 7) is 1.70. The molecule has 1 aromatic rings. The Hall–Kier alpha value is -0.280. The summed E-state index contributed by atoms with van der Waals surface area (Å²) in [5.41, 5.74) is 6.04. The summed E-state index contributed by atoms with van der Waals surface area (Å²) in [4.78, 5) is 0. The lowest BCUT2D eigenvalue weighted by atomic mass is 10.0. The first-order valence-electron chi connectivity index (χ1n) is 3.91. The van der Waals surface area contributed by atoms with Gasteiger partial charge in [-0.05, 0) is 19.1 Å². The summed E-state index contributed by atoms with van der Waals surface area (Å²) < 4.78 is 0. The van der Waals surface area contributed by atoms with Gasteiger partial charge in [0.1, 0.15) is 0 Å². The molecule has 0 aromatic heterocycles. The number of rotatable bonds is 2. The highest BCUT2D eigenvalue weighted by molar-refractivity contribution is 6.36. The molecule has 0 heterocycles. The van der Waals surface area contributed by atoms with Gasteiger partial charge in [-0.3, -0.25) is 0 Å². The van der Waals surface area contributed by atoms with E-state index in [0.29, 0.717) is 15.6 Å². The molecule has 0 aliphatic rings. The van der Waals surface area contributed by atoms with Crippen molar-refractivity contribution in [2.24, 2.45) is 5.73 Å². The van der Waals surface area contributed by atoms with Gasteiger partial charge in [0.25, 0.3) is 0 Å². The SMILES string of the molecule is C[C@H](N)[C@H](O)c1c(Cl)cccc1Cl. The van der Waals surface area contributed by atoms with E-state index in [0.717, 1.165) is 0 Å². The number of benzene rings is 1. The Morgan fingerprint density at radius 1 is 1.31 bits per heavy atom. The van der Waals surface area contributed by atoms with Gasteiger partial charge in [-0.15, -0.1) is 0 Å². The first-order valence-corrected chi connectivity index (χ1v) is 4.67. The van der Waals surface area contributed by atoms with Crippen molar-refractivity contribution in [3.8, 4) is 0 Å². The minimum atomic E-state index is -0.818. The molecule has 2 atom stereocenters. The highest BCUT2D eigenvalue weighted by atomic mass is 35.5. The third kappa shape index (κ3) is 2.35. The number of nitrogens with two attached hydrogens (primary N) is 1. The van der Waals surface area contributed by atoms with Crippen LogP contribution < -0.4 is 5.73 Å². The third-order valence-electron chi connectivity index (χ3n) is 1.79. The van der Waals surface area contributed by atoms with Crippen molar-refractivity contribution in [1.29, 1.82) is 0 Å². The van der Waals surface area contributed by atoms with Gasteiger partial charge in [-0.1, -0.05) is 29.3 Å². The summed E-state index contributed by atoms with van der Waals surface area (Å²) >= 11 is 11.7. The fraction of sp³-hybridized carbons (Fsp3) is 0.333. The highest BCUT2D eigenvalue weighted by Crippen LogP contribution is 2.31. The average Bonchev–Trinajstić information content (AvgIpc) is 2.03. The van der Waals surface area contributed by atoms with Crippen LogP contribution in [0, 0.1) is 0 Å². The van der Waals surface area contributed by atoms with Crippen molar-refractivity contribution in [2.45, 2.75) is 19.1 Å². The van der Waals surface area contributed by atoms with Gasteiger partial charge in [0.15, 0.2) is 0 Å². The topological polar surface area (TPSA) is 46.2 Å². The Bertz CT molecular complexity index is 281. The maximum atomic E-state index is 9.67. The van der Waals surface area contributed by atoms with Crippen LogP contribution >= 0.6 is 23.2 Å². The molecule has 0 spiro atoms. The normalized spacial score (nSPS) is 15.5. The Labute approximate surface area is 87.3 Å². The lowest BCUT2D eigenvalue weighted by molar-refractivity contribution is 0.153. The van der Waals surface area contributed by atoms with Crippen molar-refractivity contribution in [2.75, 3.05) is 0 Å². The second-order valence-electron chi connectivity index (χ2n) is 2.94. The monoisotopic (exact) mass is 219 g/mol. The van der Waals surface area contributed by atoms with Crippen LogP contribution in [-0.4, -0.2) is 11.1 Å². The van der Waals surface area contributed by atoms with E-state index >= 15 is 0 Å². The van der Waals surface area contributed by atoms with Crippen LogP contribution in [0.1, 0.15) is 18.6 Å². The predicted octanol–water partition coefficient (Wildman–Crippen LogP) is 2.37. The van der Waals surface area contributed by atoms with Crippen LogP contribution in [0.3, 0.4) is 0 Å². The fourth-order valence-corrected chi connectivity index (χ4v) is 1.68. The molecule has 0 fully saturated rings. The average molecular weight is 220 g/mol. The maximum absolute atomic E-state index is 9.67. The van der Waals surface area contributed by atoms with Gasteiger partial charge in [0.2, 0.25) is 0 Å². The second-order valence-corrected chi connectivity index (χ2v) is 3.75. The first-order chi connectivity index (χ1) is 6.04. The zero-order valence-corrected chi connectivity index (χ0v) is 8.68. The Morgan fingerprint density at radius 3 is 2.15 bits per heavy atom. The molecule has 13 heavy (non-hydrogen) atoms. The second kappa shape index (κ2) is 4.29. The van der Waals surface area contributed by atoms with E-state index in [1.165, 1.54) is 0 Å². The minimum absolute atomic E-state index is 0.391. The van der Waals surface area contributed by atoms with Crippen LogP contribution in [-0.2, 0) is 0 Å². The molecular formula is C9H11Cl2NO. The smallest absolute Gasteiger partial charge is 0.0966 e. The predicted molar refractivity (Wildman–Crippen MR) is 55.1 cm³/mol. The molecule has 2 nitrogen and oxygen atoms in total. The molecule has 0 unspecified atom stereocenters. The number of aliphatic hydroxyl groups excluding tert-OH is 1. The van der Waals surface area contributed by atoms with Gasteiger partial charge in [0, 0.05) is 21.7 Å². The van der Waals surface area contributed by atoms with Crippen LogP contribution in [0.5, 0.6) is 0 Å². The van der Waals surface area contributed by atoms with Crippen molar-refractivity contribution >= 4 is 23.2 Å². The fourth-order valence-electron chi connectivity index (χ4n) is 1.06. The van der Waals surface area contributed by atoms with Crippen molar-refractivity contribution in [3.05, 3.63) is 33.8 Å². The Morgan fingerprint density at radius 2 is 1.77 bits per heavy atom. The molecule has 1 rings (SSSR count). The summed E-state index contributed by atoms with van der Waals surface area (Å²) in [6.07, 6.45) is -0.818. The van der Waals surface area contributed by atoms with Crippen LogP contribution in [0.2, 0.25) is 10.0 Å². The number of aliphatic hydroxyl groups is 1. The third-order valence-corrected chi connectivity index (χ3v) is 2.45. The molecule has 1 aromatic carbocycles. The molecule has 0 aliphatic heterocycles. The Balaban J connectivity index is 3.12. The summed E-state index contributed by atoms with van der Waals surface area (Å²) in [7, 11) is 0. The van der Waals surface area contributed by atoms with E-state index in [9.17, 15) is 5.11 Å². The van der Waals surface area contributed by atoms with Crippen molar-refractivity contribution < 1.29 is 5.11 Å². The molecular weight excluding hydrogens is 209 g/mol. The van der Waals surface area contributed by atoms with Gasteiger partial charge in [0.05, 0.1) is 6.10 Å². The maximum Gasteiger partial charge on any atom is 0.0966 e. The zero-order valence-electron chi connectivity index (χ0n) is 7.17. The van der Waals surface area contributed by atoms with Crippen LogP contribution in [0.15, 0.2) is 18.2 Å². The van der Waals surface area contributed by atoms with E-state index in [-0.39, 0.29) is 0 Å². The van der Waals surface area contributed by atoms with E-state index in [1.54, 1.807) is 25.1 Å². The van der Waals surface area contributed by atoms with Gasteiger partial charge in [-0.2, -0.15) is 0 Å². The van der Waals surface area contributed by atoms with E-state index in [2.05, 4.69) is 0 Å². The first kappa shape index (κ1) is 10.8.